The maximum atomic E-state index is 11.4. The lowest BCUT2D eigenvalue weighted by molar-refractivity contribution is 0.100. The maximum Gasteiger partial charge on any atom is 0.248 e. The fourth-order valence-electron chi connectivity index (χ4n) is 3.42. The summed E-state index contributed by atoms with van der Waals surface area (Å²) in [6.07, 6.45) is 0.786. The Labute approximate surface area is 164 Å². The van der Waals surface area contributed by atoms with Gasteiger partial charge in [0.15, 0.2) is 0 Å². The van der Waals surface area contributed by atoms with Gasteiger partial charge in [0.25, 0.3) is 0 Å². The van der Waals surface area contributed by atoms with Gasteiger partial charge >= 0.3 is 0 Å². The molecule has 0 radical (unpaired) electrons. The minimum absolute atomic E-state index is 0.0561. The molecule has 5 heteroatoms. The third kappa shape index (κ3) is 3.47. The summed E-state index contributed by atoms with van der Waals surface area (Å²) in [4.78, 5) is 11.4. The summed E-state index contributed by atoms with van der Waals surface area (Å²) in [5.41, 5.74) is 10.0. The maximum absolute atomic E-state index is 11.4. The van der Waals surface area contributed by atoms with E-state index >= 15 is 0 Å². The Morgan fingerprint density at radius 2 is 1.68 bits per heavy atom. The highest BCUT2D eigenvalue weighted by molar-refractivity contribution is 6.03. The van der Waals surface area contributed by atoms with Crippen LogP contribution in [0.3, 0.4) is 0 Å². The number of hydrogen-bond acceptors (Lipinski definition) is 4. The molecule has 0 saturated heterocycles. The van der Waals surface area contributed by atoms with Gasteiger partial charge in [-0.15, -0.1) is 0 Å². The number of hydrazone groups is 1. The van der Waals surface area contributed by atoms with Crippen LogP contribution in [-0.2, 0) is 0 Å². The molecule has 0 bridgehead atoms. The topological polar surface area (TPSA) is 67.9 Å². The van der Waals surface area contributed by atoms with Crippen LogP contribution in [0, 0.1) is 0 Å². The normalized spacial score (nSPS) is 16.0. The van der Waals surface area contributed by atoms with Crippen molar-refractivity contribution in [3.05, 3.63) is 95.6 Å². The van der Waals surface area contributed by atoms with Gasteiger partial charge in [-0.1, -0.05) is 42.5 Å². The van der Waals surface area contributed by atoms with E-state index in [1.807, 2.05) is 47.5 Å². The first-order chi connectivity index (χ1) is 13.7. The molecule has 0 unspecified atom stereocenters. The number of nitrogens with zero attached hydrogens (tertiary/aromatic N) is 2. The van der Waals surface area contributed by atoms with Crippen LogP contribution in [0.2, 0.25) is 0 Å². The van der Waals surface area contributed by atoms with Crippen LogP contribution in [0.1, 0.15) is 33.9 Å². The van der Waals surface area contributed by atoms with Gasteiger partial charge in [-0.05, 0) is 47.5 Å². The van der Waals surface area contributed by atoms with E-state index in [-0.39, 0.29) is 6.04 Å². The van der Waals surface area contributed by atoms with Gasteiger partial charge < -0.3 is 10.5 Å². The van der Waals surface area contributed by atoms with Crippen LogP contribution in [-0.4, -0.2) is 18.7 Å². The zero-order valence-corrected chi connectivity index (χ0v) is 15.6. The summed E-state index contributed by atoms with van der Waals surface area (Å²) < 4.78 is 5.28. The zero-order chi connectivity index (χ0) is 19.5. The molecule has 1 aliphatic rings. The number of primary amides is 1. The third-order valence-corrected chi connectivity index (χ3v) is 4.93. The molecule has 1 heterocycles. The number of amides is 1. The van der Waals surface area contributed by atoms with E-state index in [1.165, 1.54) is 0 Å². The van der Waals surface area contributed by atoms with Crippen LogP contribution >= 0.6 is 0 Å². The Morgan fingerprint density at radius 1 is 1.00 bits per heavy atom. The molecule has 2 N–H and O–H groups in total. The SMILES string of the molecule is COc1ccc([C@H]2CC(c3ccccc3)=NN2c2ccc(C(N)=O)cc2)cc1. The second kappa shape index (κ2) is 7.56. The Bertz CT molecular complexity index is 996. The molecule has 28 heavy (non-hydrogen) atoms. The number of ether oxygens (including phenoxy) is 1. The first-order valence-corrected chi connectivity index (χ1v) is 9.11. The molecule has 1 aliphatic heterocycles. The van der Waals surface area contributed by atoms with E-state index in [4.69, 9.17) is 15.6 Å². The zero-order valence-electron chi connectivity index (χ0n) is 15.6. The predicted molar refractivity (Wildman–Crippen MR) is 111 cm³/mol. The molecule has 1 amide bonds. The molecular weight excluding hydrogens is 350 g/mol. The minimum atomic E-state index is -0.437. The van der Waals surface area contributed by atoms with Crippen LogP contribution in [0.4, 0.5) is 5.69 Å². The van der Waals surface area contributed by atoms with Crippen molar-refractivity contribution >= 4 is 17.3 Å². The smallest absolute Gasteiger partial charge is 0.248 e. The highest BCUT2D eigenvalue weighted by atomic mass is 16.5. The Hall–Kier alpha value is -3.60. The Balaban J connectivity index is 1.72. The quantitative estimate of drug-likeness (QED) is 0.733. The number of hydrogen-bond donors (Lipinski definition) is 1. The van der Waals surface area contributed by atoms with E-state index in [0.29, 0.717) is 5.56 Å². The molecule has 0 saturated carbocycles. The summed E-state index contributed by atoms with van der Waals surface area (Å²) in [6, 6.07) is 25.5. The first kappa shape index (κ1) is 17.8. The molecular formula is C23H21N3O2. The van der Waals surface area contributed by atoms with Crippen molar-refractivity contribution in [2.45, 2.75) is 12.5 Å². The lowest BCUT2D eigenvalue weighted by atomic mass is 9.98. The van der Waals surface area contributed by atoms with E-state index in [0.717, 1.165) is 34.7 Å². The van der Waals surface area contributed by atoms with Crippen molar-refractivity contribution < 1.29 is 9.53 Å². The lowest BCUT2D eigenvalue weighted by Crippen LogP contribution is -2.19. The van der Waals surface area contributed by atoms with Crippen molar-refractivity contribution in [1.29, 1.82) is 0 Å². The fourth-order valence-corrected chi connectivity index (χ4v) is 3.42. The summed E-state index contributed by atoms with van der Waals surface area (Å²) in [7, 11) is 1.66. The van der Waals surface area contributed by atoms with Gasteiger partial charge in [0.2, 0.25) is 5.91 Å². The average Bonchev–Trinajstić information content (AvgIpc) is 3.20. The van der Waals surface area contributed by atoms with Gasteiger partial charge in [0, 0.05) is 12.0 Å². The number of anilines is 1. The van der Waals surface area contributed by atoms with E-state index in [1.54, 1.807) is 19.2 Å². The first-order valence-electron chi connectivity index (χ1n) is 9.11. The van der Waals surface area contributed by atoms with Crippen LogP contribution in [0.15, 0.2) is 84.0 Å². The standard InChI is InChI=1S/C23H21N3O2/c1-28-20-13-9-17(10-14-20)22-15-21(16-5-3-2-4-6-16)25-26(22)19-11-7-18(8-12-19)23(24)27/h2-14,22H,15H2,1H3,(H2,24,27)/t22-/m1/s1. The third-order valence-electron chi connectivity index (χ3n) is 4.93. The molecule has 0 spiro atoms. The van der Waals surface area contributed by atoms with Crippen molar-refractivity contribution in [2.75, 3.05) is 12.1 Å². The second-order valence-electron chi connectivity index (χ2n) is 6.66. The molecule has 0 fully saturated rings. The van der Waals surface area contributed by atoms with Crippen LogP contribution in [0.5, 0.6) is 5.75 Å². The van der Waals surface area contributed by atoms with Crippen molar-refractivity contribution in [3.8, 4) is 5.75 Å². The highest BCUT2D eigenvalue weighted by Gasteiger charge is 2.30. The van der Waals surface area contributed by atoms with Gasteiger partial charge in [-0.3, -0.25) is 9.80 Å². The number of carbonyl (C=O) groups excluding carboxylic acids is 1. The molecule has 0 aromatic heterocycles. The largest absolute Gasteiger partial charge is 0.497 e. The fraction of sp³-hybridized carbons (Fsp3) is 0.130. The van der Waals surface area contributed by atoms with Gasteiger partial charge in [0.05, 0.1) is 24.6 Å². The van der Waals surface area contributed by atoms with Crippen LogP contribution < -0.4 is 15.5 Å². The molecule has 5 nitrogen and oxygen atoms in total. The van der Waals surface area contributed by atoms with E-state index in [2.05, 4.69) is 24.3 Å². The van der Waals surface area contributed by atoms with E-state index in [9.17, 15) is 4.79 Å². The van der Waals surface area contributed by atoms with Crippen molar-refractivity contribution in [1.82, 2.24) is 0 Å². The van der Waals surface area contributed by atoms with Crippen LogP contribution in [0.25, 0.3) is 0 Å². The summed E-state index contributed by atoms with van der Waals surface area (Å²) in [6.45, 7) is 0. The summed E-state index contributed by atoms with van der Waals surface area (Å²) >= 11 is 0. The molecule has 3 aromatic carbocycles. The van der Waals surface area contributed by atoms with Gasteiger partial charge in [-0.2, -0.15) is 5.10 Å². The molecule has 3 aromatic rings. The predicted octanol–water partition coefficient (Wildman–Crippen LogP) is 4.15. The summed E-state index contributed by atoms with van der Waals surface area (Å²) in [5, 5.41) is 6.91. The lowest BCUT2D eigenvalue weighted by Gasteiger charge is -2.24. The number of carbonyl (C=O) groups is 1. The Morgan fingerprint density at radius 3 is 2.29 bits per heavy atom. The minimum Gasteiger partial charge on any atom is -0.497 e. The van der Waals surface area contributed by atoms with Crippen molar-refractivity contribution in [2.24, 2.45) is 10.8 Å². The number of rotatable bonds is 5. The molecule has 140 valence electrons. The van der Waals surface area contributed by atoms with Gasteiger partial charge in [-0.25, -0.2) is 0 Å². The highest BCUT2D eigenvalue weighted by Crippen LogP contribution is 2.37. The number of nitrogens with two attached hydrogens (primary N) is 1. The van der Waals surface area contributed by atoms with Crippen molar-refractivity contribution in [3.63, 3.8) is 0 Å². The number of benzene rings is 3. The molecule has 0 aliphatic carbocycles. The summed E-state index contributed by atoms with van der Waals surface area (Å²) in [5.74, 6) is 0.386. The monoisotopic (exact) mass is 371 g/mol. The molecule has 1 atom stereocenters. The van der Waals surface area contributed by atoms with Gasteiger partial charge in [0.1, 0.15) is 5.75 Å². The number of methoxy groups -OCH3 is 1. The Kier molecular flexibility index (Phi) is 4.81. The van der Waals surface area contributed by atoms with E-state index < -0.39 is 5.91 Å². The average molecular weight is 371 g/mol. The second-order valence-corrected chi connectivity index (χ2v) is 6.66. The molecule has 4 rings (SSSR count).